The molecule has 0 saturated carbocycles. The van der Waals surface area contributed by atoms with Crippen molar-refractivity contribution in [3.8, 4) is 5.88 Å². The van der Waals surface area contributed by atoms with Crippen LogP contribution >= 0.6 is 0 Å². The van der Waals surface area contributed by atoms with Crippen LogP contribution in [0.15, 0.2) is 12.3 Å². The van der Waals surface area contributed by atoms with Crippen LogP contribution in [0.2, 0.25) is 0 Å². The summed E-state index contributed by atoms with van der Waals surface area (Å²) in [5.74, 6) is 0.268. The van der Waals surface area contributed by atoms with Gasteiger partial charge in [0.05, 0.1) is 12.7 Å². The summed E-state index contributed by atoms with van der Waals surface area (Å²) >= 11 is 0. The van der Waals surface area contributed by atoms with Gasteiger partial charge in [-0.25, -0.2) is 9.37 Å². The SMILES string of the molecule is Fc1cnc2c(c1)N(C1CCNCC1)CCO2. The Balaban J connectivity index is 1.89. The number of hydrogen-bond donors (Lipinski definition) is 1. The molecule has 3 rings (SSSR count). The third-order valence-corrected chi connectivity index (χ3v) is 3.43. The molecule has 1 aromatic rings. The fraction of sp³-hybridized carbons (Fsp3) is 0.583. The molecule has 17 heavy (non-hydrogen) atoms. The molecule has 1 aromatic heterocycles. The monoisotopic (exact) mass is 237 g/mol. The molecule has 0 atom stereocenters. The lowest BCUT2D eigenvalue weighted by Crippen LogP contribution is -2.46. The Kier molecular flexibility index (Phi) is 2.84. The lowest BCUT2D eigenvalue weighted by atomic mass is 10.0. The van der Waals surface area contributed by atoms with Crippen molar-refractivity contribution in [1.82, 2.24) is 10.3 Å². The van der Waals surface area contributed by atoms with Crippen LogP contribution in [0.5, 0.6) is 5.88 Å². The third-order valence-electron chi connectivity index (χ3n) is 3.43. The van der Waals surface area contributed by atoms with Crippen molar-refractivity contribution >= 4 is 5.69 Å². The smallest absolute Gasteiger partial charge is 0.237 e. The van der Waals surface area contributed by atoms with E-state index in [1.165, 1.54) is 12.3 Å². The maximum absolute atomic E-state index is 13.3. The predicted octanol–water partition coefficient (Wildman–Crippen LogP) is 1.17. The van der Waals surface area contributed by atoms with Crippen LogP contribution < -0.4 is 15.0 Å². The summed E-state index contributed by atoms with van der Waals surface area (Å²) in [7, 11) is 0. The number of piperidine rings is 1. The summed E-state index contributed by atoms with van der Waals surface area (Å²) in [6.07, 6.45) is 3.40. The largest absolute Gasteiger partial charge is 0.474 e. The number of rotatable bonds is 1. The highest BCUT2D eigenvalue weighted by Crippen LogP contribution is 2.32. The molecule has 5 heteroatoms. The maximum atomic E-state index is 13.3. The Morgan fingerprint density at radius 1 is 1.41 bits per heavy atom. The van der Waals surface area contributed by atoms with E-state index in [0.29, 0.717) is 18.5 Å². The fourth-order valence-corrected chi connectivity index (χ4v) is 2.59. The number of ether oxygens (including phenoxy) is 1. The van der Waals surface area contributed by atoms with Gasteiger partial charge in [-0.1, -0.05) is 0 Å². The number of fused-ring (bicyclic) bond motifs is 1. The van der Waals surface area contributed by atoms with Crippen LogP contribution in [0, 0.1) is 5.82 Å². The lowest BCUT2D eigenvalue weighted by molar-refractivity contribution is 0.279. The van der Waals surface area contributed by atoms with Crippen LogP contribution in [0.4, 0.5) is 10.1 Å². The van der Waals surface area contributed by atoms with E-state index >= 15 is 0 Å². The second-order valence-electron chi connectivity index (χ2n) is 4.50. The van der Waals surface area contributed by atoms with Crippen molar-refractivity contribution in [3.05, 3.63) is 18.1 Å². The van der Waals surface area contributed by atoms with Crippen molar-refractivity contribution in [2.24, 2.45) is 0 Å². The van der Waals surface area contributed by atoms with Gasteiger partial charge in [0.1, 0.15) is 18.1 Å². The molecule has 1 N–H and O–H groups in total. The number of halogens is 1. The molecule has 1 saturated heterocycles. The summed E-state index contributed by atoms with van der Waals surface area (Å²) in [6, 6.07) is 2.01. The van der Waals surface area contributed by atoms with Crippen molar-refractivity contribution in [2.45, 2.75) is 18.9 Å². The van der Waals surface area contributed by atoms with E-state index in [1.807, 2.05) is 0 Å². The standard InChI is InChI=1S/C12H16FN3O/c13-9-7-11-12(15-8-9)17-6-5-16(11)10-1-3-14-4-2-10/h7-8,10,14H,1-6H2. The summed E-state index contributed by atoms with van der Waals surface area (Å²) < 4.78 is 18.7. The summed E-state index contributed by atoms with van der Waals surface area (Å²) in [5, 5.41) is 3.34. The molecule has 0 amide bonds. The first-order chi connectivity index (χ1) is 8.34. The molecule has 92 valence electrons. The van der Waals surface area contributed by atoms with Crippen LogP contribution in [0.1, 0.15) is 12.8 Å². The van der Waals surface area contributed by atoms with Gasteiger partial charge < -0.3 is 15.0 Å². The van der Waals surface area contributed by atoms with Crippen molar-refractivity contribution < 1.29 is 9.13 Å². The first-order valence-electron chi connectivity index (χ1n) is 6.10. The van der Waals surface area contributed by atoms with Gasteiger partial charge in [-0.15, -0.1) is 0 Å². The Hall–Kier alpha value is -1.36. The van der Waals surface area contributed by atoms with Gasteiger partial charge in [-0.2, -0.15) is 0 Å². The van der Waals surface area contributed by atoms with Crippen LogP contribution in [-0.4, -0.2) is 37.3 Å². The molecule has 0 radical (unpaired) electrons. The average molecular weight is 237 g/mol. The Morgan fingerprint density at radius 3 is 3.06 bits per heavy atom. The Bertz CT molecular complexity index is 407. The zero-order chi connectivity index (χ0) is 11.7. The zero-order valence-corrected chi connectivity index (χ0v) is 9.66. The van der Waals surface area contributed by atoms with Gasteiger partial charge in [0.15, 0.2) is 0 Å². The molecule has 2 aliphatic rings. The van der Waals surface area contributed by atoms with Crippen molar-refractivity contribution in [1.29, 1.82) is 0 Å². The predicted molar refractivity (Wildman–Crippen MR) is 62.9 cm³/mol. The third kappa shape index (κ3) is 2.07. The Morgan fingerprint density at radius 2 is 2.24 bits per heavy atom. The number of hydrogen-bond acceptors (Lipinski definition) is 4. The number of pyridine rings is 1. The van der Waals surface area contributed by atoms with E-state index in [4.69, 9.17) is 4.74 Å². The van der Waals surface area contributed by atoms with Gasteiger partial charge in [-0.3, -0.25) is 0 Å². The molecule has 2 aliphatic heterocycles. The molecule has 0 bridgehead atoms. The van der Waals surface area contributed by atoms with Crippen molar-refractivity contribution in [2.75, 3.05) is 31.1 Å². The molecular weight excluding hydrogens is 221 g/mol. The molecule has 0 aromatic carbocycles. The molecule has 4 nitrogen and oxygen atoms in total. The van der Waals surface area contributed by atoms with Crippen LogP contribution in [0.25, 0.3) is 0 Å². The zero-order valence-electron chi connectivity index (χ0n) is 9.66. The molecular formula is C12H16FN3O. The average Bonchev–Trinajstić information content (AvgIpc) is 2.39. The summed E-state index contributed by atoms with van der Waals surface area (Å²) in [4.78, 5) is 6.26. The number of nitrogens with one attached hydrogen (secondary N) is 1. The van der Waals surface area contributed by atoms with Crippen LogP contribution in [0.3, 0.4) is 0 Å². The van der Waals surface area contributed by atoms with Gasteiger partial charge in [0, 0.05) is 12.1 Å². The molecule has 1 fully saturated rings. The molecule has 0 unspecified atom stereocenters. The highest BCUT2D eigenvalue weighted by molar-refractivity contribution is 5.57. The van der Waals surface area contributed by atoms with Gasteiger partial charge >= 0.3 is 0 Å². The number of aromatic nitrogens is 1. The minimum absolute atomic E-state index is 0.298. The van der Waals surface area contributed by atoms with Gasteiger partial charge in [-0.05, 0) is 25.9 Å². The number of anilines is 1. The fourth-order valence-electron chi connectivity index (χ4n) is 2.59. The molecule has 3 heterocycles. The molecule has 0 aliphatic carbocycles. The quantitative estimate of drug-likeness (QED) is 0.795. The highest BCUT2D eigenvalue weighted by Gasteiger charge is 2.27. The van der Waals surface area contributed by atoms with E-state index < -0.39 is 0 Å². The van der Waals surface area contributed by atoms with Gasteiger partial charge in [0.2, 0.25) is 5.88 Å². The number of nitrogens with zero attached hydrogens (tertiary/aromatic N) is 2. The van der Waals surface area contributed by atoms with E-state index in [0.717, 1.165) is 38.2 Å². The maximum Gasteiger partial charge on any atom is 0.237 e. The van der Waals surface area contributed by atoms with Gasteiger partial charge in [0.25, 0.3) is 0 Å². The van der Waals surface area contributed by atoms with Crippen molar-refractivity contribution in [3.63, 3.8) is 0 Å². The highest BCUT2D eigenvalue weighted by atomic mass is 19.1. The van der Waals surface area contributed by atoms with E-state index in [-0.39, 0.29) is 5.82 Å². The Labute approximate surface area is 99.8 Å². The minimum atomic E-state index is -0.298. The minimum Gasteiger partial charge on any atom is -0.474 e. The lowest BCUT2D eigenvalue weighted by Gasteiger charge is -2.39. The molecule has 0 spiro atoms. The second kappa shape index (κ2) is 4.49. The normalized spacial score (nSPS) is 20.9. The second-order valence-corrected chi connectivity index (χ2v) is 4.50. The first-order valence-corrected chi connectivity index (χ1v) is 6.10. The summed E-state index contributed by atoms with van der Waals surface area (Å²) in [5.41, 5.74) is 0.808. The van der Waals surface area contributed by atoms with E-state index in [2.05, 4.69) is 15.2 Å². The topological polar surface area (TPSA) is 37.4 Å². The van der Waals surface area contributed by atoms with E-state index in [9.17, 15) is 4.39 Å². The van der Waals surface area contributed by atoms with E-state index in [1.54, 1.807) is 0 Å². The summed E-state index contributed by atoms with van der Waals surface area (Å²) in [6.45, 7) is 3.51. The van der Waals surface area contributed by atoms with Crippen LogP contribution in [-0.2, 0) is 0 Å². The first kappa shape index (κ1) is 10.8.